The number of amides is 2. The lowest BCUT2D eigenvalue weighted by Crippen LogP contribution is -2.27. The van der Waals surface area contributed by atoms with Crippen LogP contribution >= 0.6 is 11.6 Å². The molecule has 0 bridgehead atoms. The third kappa shape index (κ3) is 5.40. The average Bonchev–Trinajstić information content (AvgIpc) is 2.60. The molecule has 0 unspecified atom stereocenters. The van der Waals surface area contributed by atoms with Crippen LogP contribution in [-0.4, -0.2) is 31.6 Å². The van der Waals surface area contributed by atoms with Gasteiger partial charge >= 0.3 is 6.03 Å². The summed E-state index contributed by atoms with van der Waals surface area (Å²) in [5.74, 6) is 0.568. The van der Waals surface area contributed by atoms with Crippen molar-refractivity contribution in [2.75, 3.05) is 26.0 Å². The molecule has 0 saturated heterocycles. The van der Waals surface area contributed by atoms with Gasteiger partial charge in [0.05, 0.1) is 23.3 Å². The number of rotatable bonds is 6. The molecule has 0 aliphatic heterocycles. The largest absolute Gasteiger partial charge is 0.492 e. The van der Waals surface area contributed by atoms with Crippen LogP contribution in [0.15, 0.2) is 42.5 Å². The number of benzene rings is 2. The van der Waals surface area contributed by atoms with Crippen LogP contribution in [0.25, 0.3) is 0 Å². The third-order valence-corrected chi connectivity index (χ3v) is 3.87. The van der Waals surface area contributed by atoms with Crippen LogP contribution in [0.5, 0.6) is 5.75 Å². The number of nitrogens with zero attached hydrogens (tertiary/aromatic N) is 2. The predicted molar refractivity (Wildman–Crippen MR) is 99.1 cm³/mol. The fraction of sp³-hybridized carbons (Fsp3) is 0.263. The highest BCUT2D eigenvalue weighted by Gasteiger charge is 2.08. The zero-order valence-corrected chi connectivity index (χ0v) is 15.0. The molecule has 0 aliphatic rings. The van der Waals surface area contributed by atoms with E-state index in [1.165, 1.54) is 4.90 Å². The van der Waals surface area contributed by atoms with Gasteiger partial charge in [0.2, 0.25) is 0 Å². The van der Waals surface area contributed by atoms with Crippen LogP contribution in [0.2, 0.25) is 5.02 Å². The van der Waals surface area contributed by atoms with Crippen molar-refractivity contribution >= 4 is 23.3 Å². The highest BCUT2D eigenvalue weighted by atomic mass is 35.5. The van der Waals surface area contributed by atoms with E-state index in [-0.39, 0.29) is 6.03 Å². The van der Waals surface area contributed by atoms with Gasteiger partial charge in [-0.25, -0.2) is 4.79 Å². The van der Waals surface area contributed by atoms with Crippen LogP contribution in [-0.2, 0) is 6.42 Å². The lowest BCUT2D eigenvalue weighted by Gasteiger charge is -2.13. The Morgan fingerprint density at radius 1 is 1.28 bits per heavy atom. The van der Waals surface area contributed by atoms with E-state index < -0.39 is 0 Å². The Balaban J connectivity index is 1.87. The predicted octanol–water partition coefficient (Wildman–Crippen LogP) is 4.32. The minimum atomic E-state index is -0.221. The molecule has 2 rings (SSSR count). The van der Waals surface area contributed by atoms with Crippen molar-refractivity contribution in [3.8, 4) is 11.8 Å². The maximum absolute atomic E-state index is 11.6. The summed E-state index contributed by atoms with van der Waals surface area (Å²) in [6, 6.07) is 14.7. The second-order valence-corrected chi connectivity index (χ2v) is 6.10. The van der Waals surface area contributed by atoms with Gasteiger partial charge in [0, 0.05) is 19.8 Å². The molecular formula is C19H20ClN3O2. The van der Waals surface area contributed by atoms with Gasteiger partial charge in [-0.1, -0.05) is 29.8 Å². The van der Waals surface area contributed by atoms with Gasteiger partial charge in [0.15, 0.2) is 0 Å². The number of urea groups is 1. The third-order valence-electron chi connectivity index (χ3n) is 3.58. The van der Waals surface area contributed by atoms with Gasteiger partial charge < -0.3 is 15.0 Å². The van der Waals surface area contributed by atoms with Crippen molar-refractivity contribution in [2.45, 2.75) is 12.8 Å². The number of carbonyl (C=O) groups excluding carboxylic acids is 1. The molecule has 130 valence electrons. The molecule has 0 aliphatic carbocycles. The highest BCUT2D eigenvalue weighted by molar-refractivity contribution is 6.32. The Hall–Kier alpha value is -2.71. The number of hydrogen-bond donors (Lipinski definition) is 1. The van der Waals surface area contributed by atoms with Crippen molar-refractivity contribution in [3.05, 3.63) is 58.6 Å². The van der Waals surface area contributed by atoms with E-state index in [1.807, 2.05) is 24.3 Å². The molecule has 2 aromatic rings. The van der Waals surface area contributed by atoms with E-state index in [0.29, 0.717) is 28.6 Å². The number of aryl methyl sites for hydroxylation is 1. The summed E-state index contributed by atoms with van der Waals surface area (Å²) >= 11 is 6.20. The number of hydrogen-bond acceptors (Lipinski definition) is 3. The zero-order chi connectivity index (χ0) is 18.2. The average molecular weight is 358 g/mol. The molecule has 0 radical (unpaired) electrons. The molecule has 6 heteroatoms. The van der Waals surface area contributed by atoms with Crippen molar-refractivity contribution in [1.29, 1.82) is 5.26 Å². The Kier molecular flexibility index (Phi) is 6.67. The molecule has 2 amide bonds. The number of nitrogens with one attached hydrogen (secondary N) is 1. The number of carbonyl (C=O) groups is 1. The molecule has 0 aromatic heterocycles. The minimum absolute atomic E-state index is 0.221. The molecule has 2 aromatic carbocycles. The molecule has 0 spiro atoms. The van der Waals surface area contributed by atoms with E-state index in [9.17, 15) is 4.79 Å². The summed E-state index contributed by atoms with van der Waals surface area (Å²) < 4.78 is 5.70. The monoisotopic (exact) mass is 357 g/mol. The molecule has 25 heavy (non-hydrogen) atoms. The molecule has 0 fully saturated rings. The Morgan fingerprint density at radius 2 is 2.04 bits per heavy atom. The van der Waals surface area contributed by atoms with E-state index in [0.717, 1.165) is 18.4 Å². The maximum Gasteiger partial charge on any atom is 0.321 e. The molecule has 5 nitrogen and oxygen atoms in total. The topological polar surface area (TPSA) is 65.4 Å². The van der Waals surface area contributed by atoms with Crippen molar-refractivity contribution in [3.63, 3.8) is 0 Å². The van der Waals surface area contributed by atoms with Crippen molar-refractivity contribution in [2.24, 2.45) is 0 Å². The Bertz CT molecular complexity index is 784. The van der Waals surface area contributed by atoms with Gasteiger partial charge in [-0.2, -0.15) is 5.26 Å². The summed E-state index contributed by atoms with van der Waals surface area (Å²) in [7, 11) is 3.33. The Labute approximate surface area is 152 Å². The number of halogens is 1. The smallest absolute Gasteiger partial charge is 0.321 e. The van der Waals surface area contributed by atoms with Crippen LogP contribution in [0.4, 0.5) is 10.5 Å². The number of nitriles is 1. The summed E-state index contributed by atoms with van der Waals surface area (Å²) in [5, 5.41) is 12.2. The van der Waals surface area contributed by atoms with E-state index in [2.05, 4.69) is 11.4 Å². The molecule has 0 heterocycles. The van der Waals surface area contributed by atoms with Crippen molar-refractivity contribution in [1.82, 2.24) is 4.90 Å². The fourth-order valence-corrected chi connectivity index (χ4v) is 2.46. The van der Waals surface area contributed by atoms with Crippen LogP contribution in [0.1, 0.15) is 17.5 Å². The highest BCUT2D eigenvalue weighted by Crippen LogP contribution is 2.28. The van der Waals surface area contributed by atoms with Gasteiger partial charge in [-0.05, 0) is 42.7 Å². The Morgan fingerprint density at radius 3 is 2.72 bits per heavy atom. The number of ether oxygens (including phenoxy) is 1. The summed E-state index contributed by atoms with van der Waals surface area (Å²) in [4.78, 5) is 13.1. The lowest BCUT2D eigenvalue weighted by molar-refractivity contribution is 0.230. The van der Waals surface area contributed by atoms with Crippen molar-refractivity contribution < 1.29 is 9.53 Å². The summed E-state index contributed by atoms with van der Waals surface area (Å²) in [6.07, 6.45) is 1.53. The molecule has 1 N–H and O–H groups in total. The zero-order valence-electron chi connectivity index (χ0n) is 14.3. The first-order valence-corrected chi connectivity index (χ1v) is 8.27. The van der Waals surface area contributed by atoms with Crippen LogP contribution in [0.3, 0.4) is 0 Å². The SMILES string of the molecule is CN(C)C(=O)Nc1ccc(OCCCc2ccccc2C#N)c(Cl)c1. The molecule has 0 atom stereocenters. The normalized spacial score (nSPS) is 10.0. The first kappa shape index (κ1) is 18.6. The number of anilines is 1. The van der Waals surface area contributed by atoms with Crippen LogP contribution in [0, 0.1) is 11.3 Å². The van der Waals surface area contributed by atoms with Crippen LogP contribution < -0.4 is 10.1 Å². The maximum atomic E-state index is 11.6. The quantitative estimate of drug-likeness (QED) is 0.783. The second kappa shape index (κ2) is 8.95. The first-order valence-electron chi connectivity index (χ1n) is 7.90. The van der Waals surface area contributed by atoms with Gasteiger partial charge in [0.1, 0.15) is 5.75 Å². The molecular weight excluding hydrogens is 338 g/mol. The van der Waals surface area contributed by atoms with Gasteiger partial charge in [-0.3, -0.25) is 0 Å². The summed E-state index contributed by atoms with van der Waals surface area (Å²) in [5.41, 5.74) is 2.32. The second-order valence-electron chi connectivity index (χ2n) is 5.69. The lowest BCUT2D eigenvalue weighted by atomic mass is 10.0. The van der Waals surface area contributed by atoms with Gasteiger partial charge in [-0.15, -0.1) is 0 Å². The molecule has 0 saturated carbocycles. The fourth-order valence-electron chi connectivity index (χ4n) is 2.22. The van der Waals surface area contributed by atoms with E-state index in [4.69, 9.17) is 21.6 Å². The minimum Gasteiger partial charge on any atom is -0.492 e. The standard InChI is InChI=1S/C19H20ClN3O2/c1-23(2)19(24)22-16-9-10-18(17(20)12-16)25-11-5-8-14-6-3-4-7-15(14)13-21/h3-4,6-7,9-10,12H,5,8,11H2,1-2H3,(H,22,24). The van der Waals surface area contributed by atoms with E-state index in [1.54, 1.807) is 32.3 Å². The van der Waals surface area contributed by atoms with E-state index >= 15 is 0 Å². The van der Waals surface area contributed by atoms with Gasteiger partial charge in [0.25, 0.3) is 0 Å². The summed E-state index contributed by atoms with van der Waals surface area (Å²) in [6.45, 7) is 0.489. The first-order chi connectivity index (χ1) is 12.0.